The topological polar surface area (TPSA) is 98.0 Å². The number of aromatic amines is 1. The number of hydrogen-bond donors (Lipinski definition) is 5. The zero-order valence-electron chi connectivity index (χ0n) is 20.3. The van der Waals surface area contributed by atoms with Crippen LogP contribution < -0.4 is 21.3 Å². The second kappa shape index (κ2) is 10.0. The summed E-state index contributed by atoms with van der Waals surface area (Å²) in [5.41, 5.74) is 3.11. The predicted octanol–water partition coefficient (Wildman–Crippen LogP) is 7.36. The SMILES string of the molecule is Cc1ccc(NC(=O)Nc2cccc(C(F)(F)F)c2F)cc1Nc1ccc2c(c1)NC(=O)C2=Cc1ccc[nH]1. The van der Waals surface area contributed by atoms with Gasteiger partial charge < -0.3 is 26.3 Å². The molecule has 5 rings (SSSR count). The first kappa shape index (κ1) is 25.6. The van der Waals surface area contributed by atoms with E-state index in [-0.39, 0.29) is 5.91 Å². The molecule has 198 valence electrons. The van der Waals surface area contributed by atoms with Crippen LogP contribution in [0.5, 0.6) is 0 Å². The van der Waals surface area contributed by atoms with Crippen LogP contribution in [0, 0.1) is 12.7 Å². The fourth-order valence-corrected chi connectivity index (χ4v) is 4.13. The molecule has 39 heavy (non-hydrogen) atoms. The minimum atomic E-state index is -4.89. The number of hydrogen-bond acceptors (Lipinski definition) is 3. The van der Waals surface area contributed by atoms with Gasteiger partial charge in [-0.15, -0.1) is 0 Å². The van der Waals surface area contributed by atoms with Crippen LogP contribution in [0.15, 0.2) is 72.9 Å². The Morgan fingerprint density at radius 3 is 2.46 bits per heavy atom. The fraction of sp³-hybridized carbons (Fsp3) is 0.0714. The van der Waals surface area contributed by atoms with Crippen molar-refractivity contribution in [3.63, 3.8) is 0 Å². The van der Waals surface area contributed by atoms with Crippen molar-refractivity contribution in [2.24, 2.45) is 0 Å². The molecule has 11 heteroatoms. The largest absolute Gasteiger partial charge is 0.419 e. The third-order valence-corrected chi connectivity index (χ3v) is 6.05. The molecule has 3 aromatic carbocycles. The maximum atomic E-state index is 14.3. The van der Waals surface area contributed by atoms with E-state index in [1.807, 2.05) is 31.2 Å². The molecule has 1 aromatic heterocycles. The summed E-state index contributed by atoms with van der Waals surface area (Å²) in [5.74, 6) is -1.79. The summed E-state index contributed by atoms with van der Waals surface area (Å²) >= 11 is 0. The van der Waals surface area contributed by atoms with E-state index in [4.69, 9.17) is 0 Å². The third-order valence-electron chi connectivity index (χ3n) is 6.05. The Morgan fingerprint density at radius 1 is 0.923 bits per heavy atom. The molecule has 0 radical (unpaired) electrons. The van der Waals surface area contributed by atoms with Crippen LogP contribution in [0.1, 0.15) is 22.4 Å². The number of anilines is 5. The van der Waals surface area contributed by atoms with Crippen LogP contribution in [0.2, 0.25) is 0 Å². The van der Waals surface area contributed by atoms with Crippen LogP contribution in [-0.2, 0) is 11.0 Å². The average molecular weight is 536 g/mol. The van der Waals surface area contributed by atoms with Gasteiger partial charge in [0.2, 0.25) is 0 Å². The Bertz CT molecular complexity index is 1610. The molecule has 1 aliphatic rings. The molecular formula is C28H21F4N5O2. The summed E-state index contributed by atoms with van der Waals surface area (Å²) in [6.45, 7) is 1.84. The predicted molar refractivity (Wildman–Crippen MR) is 142 cm³/mol. The molecule has 2 heterocycles. The van der Waals surface area contributed by atoms with E-state index in [0.717, 1.165) is 29.0 Å². The second-order valence-electron chi connectivity index (χ2n) is 8.80. The van der Waals surface area contributed by atoms with Crippen LogP contribution >= 0.6 is 0 Å². The number of H-pyrrole nitrogens is 1. The first-order chi connectivity index (χ1) is 18.6. The average Bonchev–Trinajstić information content (AvgIpc) is 3.49. The quantitative estimate of drug-likeness (QED) is 0.136. The lowest BCUT2D eigenvalue weighted by Crippen LogP contribution is -2.21. The molecule has 4 aromatic rings. The van der Waals surface area contributed by atoms with Gasteiger partial charge in [-0.1, -0.05) is 18.2 Å². The highest BCUT2D eigenvalue weighted by Crippen LogP contribution is 2.37. The second-order valence-corrected chi connectivity index (χ2v) is 8.80. The molecule has 5 N–H and O–H groups in total. The summed E-state index contributed by atoms with van der Waals surface area (Å²) in [4.78, 5) is 28.0. The minimum absolute atomic E-state index is 0.220. The zero-order valence-corrected chi connectivity index (χ0v) is 20.3. The van der Waals surface area contributed by atoms with Gasteiger partial charge in [-0.2, -0.15) is 13.2 Å². The van der Waals surface area contributed by atoms with E-state index in [1.54, 1.807) is 36.5 Å². The van der Waals surface area contributed by atoms with Gasteiger partial charge in [0.25, 0.3) is 5.91 Å². The highest BCUT2D eigenvalue weighted by molar-refractivity contribution is 6.35. The number of fused-ring (bicyclic) bond motifs is 1. The van der Waals surface area contributed by atoms with Crippen molar-refractivity contribution >= 4 is 52.0 Å². The Hall–Kier alpha value is -5.06. The number of carbonyl (C=O) groups is 2. The van der Waals surface area contributed by atoms with Crippen molar-refractivity contribution in [2.45, 2.75) is 13.1 Å². The maximum Gasteiger partial charge on any atom is 0.419 e. The van der Waals surface area contributed by atoms with Crippen molar-refractivity contribution in [2.75, 3.05) is 21.3 Å². The number of urea groups is 1. The Labute approximate surface area is 219 Å². The first-order valence-corrected chi connectivity index (χ1v) is 11.7. The molecule has 0 atom stereocenters. The lowest BCUT2D eigenvalue weighted by atomic mass is 10.1. The molecule has 0 spiro atoms. The van der Waals surface area contributed by atoms with Gasteiger partial charge in [0, 0.05) is 34.5 Å². The van der Waals surface area contributed by atoms with Crippen LogP contribution in [0.25, 0.3) is 11.6 Å². The Kier molecular flexibility index (Phi) is 6.57. The molecule has 3 amide bonds. The van der Waals surface area contributed by atoms with E-state index in [0.29, 0.717) is 34.4 Å². The monoisotopic (exact) mass is 535 g/mol. The summed E-state index contributed by atoms with van der Waals surface area (Å²) in [5, 5.41) is 10.7. The molecule has 0 aliphatic carbocycles. The number of benzene rings is 3. The van der Waals surface area contributed by atoms with E-state index >= 15 is 0 Å². The number of aromatic nitrogens is 1. The summed E-state index contributed by atoms with van der Waals surface area (Å²) in [6, 6.07) is 15.8. The van der Waals surface area contributed by atoms with Crippen molar-refractivity contribution in [3.8, 4) is 0 Å². The van der Waals surface area contributed by atoms with Gasteiger partial charge in [-0.3, -0.25) is 4.79 Å². The molecule has 0 saturated carbocycles. The van der Waals surface area contributed by atoms with E-state index in [2.05, 4.69) is 26.3 Å². The van der Waals surface area contributed by atoms with E-state index < -0.39 is 29.3 Å². The van der Waals surface area contributed by atoms with Crippen molar-refractivity contribution < 1.29 is 27.2 Å². The molecule has 0 unspecified atom stereocenters. The number of nitrogens with one attached hydrogen (secondary N) is 5. The molecule has 1 aliphatic heterocycles. The summed E-state index contributed by atoms with van der Waals surface area (Å²) in [7, 11) is 0. The number of alkyl halides is 3. The lowest BCUT2D eigenvalue weighted by molar-refractivity contribution is -0.139. The van der Waals surface area contributed by atoms with Gasteiger partial charge in [-0.25, -0.2) is 9.18 Å². The Morgan fingerprint density at radius 2 is 1.72 bits per heavy atom. The minimum Gasteiger partial charge on any atom is -0.362 e. The number of amides is 3. The Balaban J connectivity index is 1.31. The maximum absolute atomic E-state index is 14.3. The lowest BCUT2D eigenvalue weighted by Gasteiger charge is -2.15. The van der Waals surface area contributed by atoms with Gasteiger partial charge in [0.05, 0.1) is 22.5 Å². The number of aryl methyl sites for hydroxylation is 1. The van der Waals surface area contributed by atoms with Crippen LogP contribution in [0.4, 0.5) is 50.8 Å². The van der Waals surface area contributed by atoms with Crippen LogP contribution in [0.3, 0.4) is 0 Å². The number of rotatable bonds is 5. The highest BCUT2D eigenvalue weighted by Gasteiger charge is 2.35. The van der Waals surface area contributed by atoms with Gasteiger partial charge in [0.1, 0.15) is 0 Å². The fourth-order valence-electron chi connectivity index (χ4n) is 4.13. The molecule has 0 fully saturated rings. The normalized spacial score (nSPS) is 13.7. The van der Waals surface area contributed by atoms with E-state index in [9.17, 15) is 27.2 Å². The molecule has 0 saturated heterocycles. The molecule has 7 nitrogen and oxygen atoms in total. The van der Waals surface area contributed by atoms with Crippen LogP contribution in [-0.4, -0.2) is 16.9 Å². The third kappa shape index (κ3) is 5.47. The van der Waals surface area contributed by atoms with Crippen molar-refractivity contribution in [1.29, 1.82) is 0 Å². The molecular weight excluding hydrogens is 514 g/mol. The van der Waals surface area contributed by atoms with Crippen molar-refractivity contribution in [3.05, 3.63) is 101 Å². The summed E-state index contributed by atoms with van der Waals surface area (Å²) in [6.07, 6.45) is -1.36. The van der Waals surface area contributed by atoms with Gasteiger partial charge >= 0.3 is 12.2 Å². The van der Waals surface area contributed by atoms with E-state index in [1.165, 1.54) is 0 Å². The molecule has 0 bridgehead atoms. The summed E-state index contributed by atoms with van der Waals surface area (Å²) < 4.78 is 53.1. The first-order valence-electron chi connectivity index (χ1n) is 11.7. The number of carbonyl (C=O) groups excluding carboxylic acids is 2. The highest BCUT2D eigenvalue weighted by atomic mass is 19.4. The van der Waals surface area contributed by atoms with Gasteiger partial charge in [0.15, 0.2) is 5.82 Å². The zero-order chi connectivity index (χ0) is 27.7. The van der Waals surface area contributed by atoms with Gasteiger partial charge in [-0.05, 0) is 67.1 Å². The number of halogens is 4. The smallest absolute Gasteiger partial charge is 0.362 e. The standard InChI is InChI=1S/C28H21F4N5O2/c1-15-7-8-18(35-27(39)37-22-6-2-5-21(25(22)29)28(30,31)32)13-23(15)34-17-9-10-19-20(12-16-4-3-11-33-16)26(38)36-24(19)14-17/h2-14,33-34H,1H3,(H,36,38)(H2,35,37,39). The van der Waals surface area contributed by atoms with Crippen molar-refractivity contribution in [1.82, 2.24) is 4.98 Å².